The first-order valence-corrected chi connectivity index (χ1v) is 5.46. The third kappa shape index (κ3) is 2.94. The molecule has 0 aromatic heterocycles. The first-order valence-electron chi connectivity index (χ1n) is 5.08. The van der Waals surface area contributed by atoms with Gasteiger partial charge in [0.1, 0.15) is 0 Å². The first-order chi connectivity index (χ1) is 6.86. The van der Waals surface area contributed by atoms with Gasteiger partial charge in [0.25, 0.3) is 0 Å². The molecule has 0 saturated carbocycles. The number of halogens is 1. The van der Waals surface area contributed by atoms with Gasteiger partial charge in [0.05, 0.1) is 6.04 Å². The van der Waals surface area contributed by atoms with E-state index in [4.69, 9.17) is 17.4 Å². The Morgan fingerprint density at radius 3 is 2.33 bits per heavy atom. The second-order valence-corrected chi connectivity index (χ2v) is 5.38. The van der Waals surface area contributed by atoms with Gasteiger partial charge in [0.2, 0.25) is 0 Å². The van der Waals surface area contributed by atoms with Gasteiger partial charge >= 0.3 is 0 Å². The van der Waals surface area contributed by atoms with E-state index >= 15 is 0 Å². The summed E-state index contributed by atoms with van der Waals surface area (Å²) in [6, 6.07) is 6.15. The summed E-state index contributed by atoms with van der Waals surface area (Å²) in [5.74, 6) is 5.60. The van der Waals surface area contributed by atoms with E-state index in [-0.39, 0.29) is 11.5 Å². The summed E-state index contributed by atoms with van der Waals surface area (Å²) < 4.78 is 0. The van der Waals surface area contributed by atoms with Crippen molar-refractivity contribution in [1.29, 1.82) is 0 Å². The van der Waals surface area contributed by atoms with Crippen LogP contribution < -0.4 is 11.3 Å². The van der Waals surface area contributed by atoms with Crippen LogP contribution in [0, 0.1) is 12.3 Å². The molecule has 1 unspecified atom stereocenters. The van der Waals surface area contributed by atoms with Crippen molar-refractivity contribution in [1.82, 2.24) is 5.43 Å². The Morgan fingerprint density at radius 2 is 1.93 bits per heavy atom. The predicted octanol–water partition coefficient (Wildman–Crippen LogP) is 3.20. The minimum absolute atomic E-state index is 0.0784. The molecule has 0 fully saturated rings. The summed E-state index contributed by atoms with van der Waals surface area (Å²) in [4.78, 5) is 0. The molecular weight excluding hydrogens is 208 g/mol. The van der Waals surface area contributed by atoms with Crippen LogP contribution in [0.5, 0.6) is 0 Å². The molecule has 0 saturated heterocycles. The first kappa shape index (κ1) is 12.5. The number of aryl methyl sites for hydroxylation is 1. The van der Waals surface area contributed by atoms with Crippen molar-refractivity contribution < 1.29 is 0 Å². The summed E-state index contributed by atoms with van der Waals surface area (Å²) in [7, 11) is 0. The maximum Gasteiger partial charge on any atom is 0.0508 e. The number of nitrogens with two attached hydrogens (primary N) is 1. The quantitative estimate of drug-likeness (QED) is 0.601. The molecule has 15 heavy (non-hydrogen) atoms. The van der Waals surface area contributed by atoms with Gasteiger partial charge in [-0.25, -0.2) is 0 Å². The average molecular weight is 227 g/mol. The zero-order valence-corrected chi connectivity index (χ0v) is 10.5. The zero-order valence-electron chi connectivity index (χ0n) is 9.76. The number of hydrogen-bond acceptors (Lipinski definition) is 2. The molecule has 0 heterocycles. The van der Waals surface area contributed by atoms with E-state index in [9.17, 15) is 0 Å². The molecule has 2 nitrogen and oxygen atoms in total. The summed E-state index contributed by atoms with van der Waals surface area (Å²) >= 11 is 5.99. The van der Waals surface area contributed by atoms with Crippen LogP contribution in [0.25, 0.3) is 0 Å². The minimum Gasteiger partial charge on any atom is -0.271 e. The topological polar surface area (TPSA) is 38.0 Å². The van der Waals surface area contributed by atoms with Crippen molar-refractivity contribution >= 4 is 11.6 Å². The van der Waals surface area contributed by atoms with Crippen molar-refractivity contribution in [2.75, 3.05) is 0 Å². The molecule has 3 heteroatoms. The molecule has 1 rings (SSSR count). The van der Waals surface area contributed by atoms with Crippen LogP contribution in [0.3, 0.4) is 0 Å². The van der Waals surface area contributed by atoms with Gasteiger partial charge in [-0.2, -0.15) is 0 Å². The lowest BCUT2D eigenvalue weighted by Crippen LogP contribution is -2.36. The Hall–Kier alpha value is -0.570. The molecule has 0 aliphatic rings. The van der Waals surface area contributed by atoms with Gasteiger partial charge in [0.15, 0.2) is 0 Å². The third-order valence-electron chi connectivity index (χ3n) is 2.55. The van der Waals surface area contributed by atoms with E-state index in [1.165, 1.54) is 5.56 Å². The van der Waals surface area contributed by atoms with E-state index in [1.807, 2.05) is 19.1 Å². The van der Waals surface area contributed by atoms with Crippen molar-refractivity contribution in [2.45, 2.75) is 33.7 Å². The van der Waals surface area contributed by atoms with E-state index < -0.39 is 0 Å². The van der Waals surface area contributed by atoms with Crippen LogP contribution in [0.1, 0.15) is 37.9 Å². The van der Waals surface area contributed by atoms with Gasteiger partial charge in [-0.15, -0.1) is 0 Å². The fourth-order valence-electron chi connectivity index (χ4n) is 1.69. The van der Waals surface area contributed by atoms with Crippen molar-refractivity contribution in [3.05, 3.63) is 34.3 Å². The average Bonchev–Trinajstić information content (AvgIpc) is 2.10. The molecule has 0 bridgehead atoms. The van der Waals surface area contributed by atoms with E-state index in [0.717, 1.165) is 10.6 Å². The van der Waals surface area contributed by atoms with Crippen LogP contribution >= 0.6 is 11.6 Å². The lowest BCUT2D eigenvalue weighted by molar-refractivity contribution is 0.275. The molecular formula is C12H19ClN2. The second kappa shape index (κ2) is 4.52. The molecule has 0 radical (unpaired) electrons. The monoisotopic (exact) mass is 226 g/mol. The molecule has 84 valence electrons. The van der Waals surface area contributed by atoms with Crippen LogP contribution in [0.4, 0.5) is 0 Å². The SMILES string of the molecule is Cc1cc(C(NN)C(C)(C)C)ccc1Cl. The minimum atomic E-state index is 0.0784. The Kier molecular flexibility index (Phi) is 3.77. The molecule has 3 N–H and O–H groups in total. The summed E-state index contributed by atoms with van der Waals surface area (Å²) in [5, 5.41) is 0.795. The van der Waals surface area contributed by atoms with Gasteiger partial charge in [-0.1, -0.05) is 44.5 Å². The van der Waals surface area contributed by atoms with Gasteiger partial charge < -0.3 is 0 Å². The maximum absolute atomic E-state index is 5.99. The van der Waals surface area contributed by atoms with Crippen molar-refractivity contribution in [3.8, 4) is 0 Å². The summed E-state index contributed by atoms with van der Waals surface area (Å²) in [6.07, 6.45) is 0. The van der Waals surface area contributed by atoms with Crippen LogP contribution in [-0.2, 0) is 0 Å². The molecule has 1 aromatic carbocycles. The molecule has 0 spiro atoms. The number of benzene rings is 1. The largest absolute Gasteiger partial charge is 0.271 e. The standard InChI is InChI=1S/C12H19ClN2/c1-8-7-9(5-6-10(8)13)11(15-14)12(2,3)4/h5-7,11,15H,14H2,1-4H3. The van der Waals surface area contributed by atoms with E-state index in [2.05, 4.69) is 32.3 Å². The van der Waals surface area contributed by atoms with Gasteiger partial charge in [-0.3, -0.25) is 11.3 Å². The van der Waals surface area contributed by atoms with Crippen LogP contribution in [0.2, 0.25) is 5.02 Å². The fourth-order valence-corrected chi connectivity index (χ4v) is 1.81. The Labute approximate surface area is 96.8 Å². The number of hydrogen-bond donors (Lipinski definition) is 2. The summed E-state index contributed by atoms with van der Waals surface area (Å²) in [6.45, 7) is 8.46. The Bertz CT molecular complexity index is 342. The molecule has 0 aliphatic heterocycles. The normalized spacial score (nSPS) is 14.0. The van der Waals surface area contributed by atoms with E-state index in [1.54, 1.807) is 0 Å². The predicted molar refractivity (Wildman–Crippen MR) is 65.7 cm³/mol. The third-order valence-corrected chi connectivity index (χ3v) is 2.97. The number of rotatable bonds is 2. The zero-order chi connectivity index (χ0) is 11.6. The summed E-state index contributed by atoms with van der Waals surface area (Å²) in [5.41, 5.74) is 5.20. The molecule has 1 aromatic rings. The van der Waals surface area contributed by atoms with Crippen molar-refractivity contribution in [3.63, 3.8) is 0 Å². The lowest BCUT2D eigenvalue weighted by atomic mass is 9.82. The Morgan fingerprint density at radius 1 is 1.33 bits per heavy atom. The van der Waals surface area contributed by atoms with Crippen LogP contribution in [0.15, 0.2) is 18.2 Å². The highest BCUT2D eigenvalue weighted by atomic mass is 35.5. The van der Waals surface area contributed by atoms with Crippen molar-refractivity contribution in [2.24, 2.45) is 11.3 Å². The Balaban J connectivity index is 3.08. The number of nitrogens with one attached hydrogen (secondary N) is 1. The highest BCUT2D eigenvalue weighted by Gasteiger charge is 2.25. The lowest BCUT2D eigenvalue weighted by Gasteiger charge is -2.30. The highest BCUT2D eigenvalue weighted by Crippen LogP contribution is 2.33. The maximum atomic E-state index is 5.99. The smallest absolute Gasteiger partial charge is 0.0508 e. The number of hydrazine groups is 1. The second-order valence-electron chi connectivity index (χ2n) is 4.97. The van der Waals surface area contributed by atoms with Crippen LogP contribution in [-0.4, -0.2) is 0 Å². The molecule has 0 aliphatic carbocycles. The van der Waals surface area contributed by atoms with Gasteiger partial charge in [0, 0.05) is 5.02 Å². The highest BCUT2D eigenvalue weighted by molar-refractivity contribution is 6.31. The molecule has 1 atom stereocenters. The fraction of sp³-hybridized carbons (Fsp3) is 0.500. The molecule has 0 amide bonds. The van der Waals surface area contributed by atoms with Gasteiger partial charge in [-0.05, 0) is 29.5 Å². The van der Waals surface area contributed by atoms with E-state index in [0.29, 0.717) is 0 Å².